The van der Waals surface area contributed by atoms with E-state index in [9.17, 15) is 4.79 Å². The van der Waals surface area contributed by atoms with E-state index in [2.05, 4.69) is 21.2 Å². The van der Waals surface area contributed by atoms with Gasteiger partial charge in [-0.25, -0.2) is 0 Å². The second kappa shape index (κ2) is 6.88. The fourth-order valence-corrected chi connectivity index (χ4v) is 2.40. The molecule has 1 unspecified atom stereocenters. The molecule has 0 saturated heterocycles. The molecule has 1 amide bonds. The number of hydrogen-bond donors (Lipinski definition) is 1. The molecule has 0 aliphatic carbocycles. The Kier molecular flexibility index (Phi) is 4.91. The number of nitrogens with one attached hydrogen (secondary N) is 1. The lowest BCUT2D eigenvalue weighted by atomic mass is 10.1. The van der Waals surface area contributed by atoms with Gasteiger partial charge in [0, 0.05) is 10.9 Å². The Bertz CT molecular complexity index is 634. The van der Waals surface area contributed by atoms with Gasteiger partial charge in [-0.05, 0) is 23.8 Å². The van der Waals surface area contributed by atoms with Gasteiger partial charge in [0.25, 0.3) is 5.91 Å². The summed E-state index contributed by atoms with van der Waals surface area (Å²) in [6, 6.07) is 18.4. The molecule has 0 radical (unpaired) electrons. The average molecular weight is 329 g/mol. The third-order valence-corrected chi connectivity index (χ3v) is 3.56. The quantitative estimate of drug-likeness (QED) is 0.874. The van der Waals surface area contributed by atoms with Gasteiger partial charge < -0.3 is 5.32 Å². The summed E-state index contributed by atoms with van der Waals surface area (Å²) in [6.45, 7) is 0. The molecule has 3 nitrogen and oxygen atoms in total. The Labute approximate surface area is 126 Å². The number of nitriles is 1. The van der Waals surface area contributed by atoms with E-state index in [-0.39, 0.29) is 11.9 Å². The molecule has 0 spiro atoms. The number of rotatable bonds is 4. The number of benzene rings is 2. The molecule has 100 valence electrons. The van der Waals surface area contributed by atoms with E-state index in [0.29, 0.717) is 16.5 Å². The Morgan fingerprint density at radius 3 is 2.60 bits per heavy atom. The highest BCUT2D eigenvalue weighted by atomic mass is 79.9. The molecule has 20 heavy (non-hydrogen) atoms. The highest BCUT2D eigenvalue weighted by Crippen LogP contribution is 2.16. The van der Waals surface area contributed by atoms with Crippen molar-refractivity contribution in [3.63, 3.8) is 0 Å². The van der Waals surface area contributed by atoms with Gasteiger partial charge in [-0.1, -0.05) is 52.3 Å². The molecule has 2 aromatic rings. The van der Waals surface area contributed by atoms with Crippen molar-refractivity contribution in [1.29, 1.82) is 5.26 Å². The molecule has 0 aliphatic heterocycles. The summed E-state index contributed by atoms with van der Waals surface area (Å²) >= 11 is 3.41. The number of carbonyl (C=O) groups is 1. The van der Waals surface area contributed by atoms with Crippen LogP contribution < -0.4 is 5.32 Å². The van der Waals surface area contributed by atoms with Crippen LogP contribution in [-0.2, 0) is 0 Å². The topological polar surface area (TPSA) is 52.9 Å². The molecule has 1 N–H and O–H groups in total. The molecule has 0 fully saturated rings. The highest BCUT2D eigenvalue weighted by molar-refractivity contribution is 9.09. The van der Waals surface area contributed by atoms with Gasteiger partial charge in [-0.2, -0.15) is 5.26 Å². The first kappa shape index (κ1) is 14.3. The van der Waals surface area contributed by atoms with Crippen molar-refractivity contribution >= 4 is 21.8 Å². The zero-order chi connectivity index (χ0) is 14.4. The number of amides is 1. The van der Waals surface area contributed by atoms with Crippen LogP contribution in [-0.4, -0.2) is 11.2 Å². The van der Waals surface area contributed by atoms with E-state index in [1.165, 1.54) is 0 Å². The van der Waals surface area contributed by atoms with Crippen molar-refractivity contribution in [2.24, 2.45) is 0 Å². The lowest BCUT2D eigenvalue weighted by Crippen LogP contribution is -2.29. The third-order valence-electron chi connectivity index (χ3n) is 2.92. The molecule has 0 bridgehead atoms. The van der Waals surface area contributed by atoms with Crippen molar-refractivity contribution < 1.29 is 4.79 Å². The fraction of sp³-hybridized carbons (Fsp3) is 0.125. The number of halogens is 1. The maximum atomic E-state index is 12.2. The van der Waals surface area contributed by atoms with Crippen LogP contribution >= 0.6 is 15.9 Å². The second-order valence-corrected chi connectivity index (χ2v) is 4.93. The Hall–Kier alpha value is -2.12. The van der Waals surface area contributed by atoms with Gasteiger partial charge in [-0.3, -0.25) is 4.79 Å². The summed E-state index contributed by atoms with van der Waals surface area (Å²) in [4.78, 5) is 12.2. The van der Waals surface area contributed by atoms with Crippen LogP contribution in [0.25, 0.3) is 0 Å². The molecule has 2 rings (SSSR count). The number of carbonyl (C=O) groups excluding carboxylic acids is 1. The lowest BCUT2D eigenvalue weighted by molar-refractivity contribution is 0.0941. The molecular weight excluding hydrogens is 316 g/mol. The van der Waals surface area contributed by atoms with Crippen molar-refractivity contribution in [3.8, 4) is 6.07 Å². The zero-order valence-electron chi connectivity index (χ0n) is 10.7. The van der Waals surface area contributed by atoms with Gasteiger partial charge >= 0.3 is 0 Å². The molecule has 2 aromatic carbocycles. The standard InChI is InChI=1S/C16H13BrN2O/c17-10-15(13-6-2-1-3-7-13)19-16(20)14-8-4-5-12(9-14)11-18/h1-9,15H,10H2,(H,19,20). The van der Waals surface area contributed by atoms with E-state index in [1.54, 1.807) is 24.3 Å². The SMILES string of the molecule is N#Cc1cccc(C(=O)NC(CBr)c2ccccc2)c1. The minimum atomic E-state index is -0.185. The van der Waals surface area contributed by atoms with Crippen LogP contribution in [0.4, 0.5) is 0 Å². The summed E-state index contributed by atoms with van der Waals surface area (Å²) in [5.74, 6) is -0.185. The van der Waals surface area contributed by atoms with E-state index in [0.717, 1.165) is 5.56 Å². The van der Waals surface area contributed by atoms with Gasteiger partial charge in [0.15, 0.2) is 0 Å². The lowest BCUT2D eigenvalue weighted by Gasteiger charge is -2.16. The van der Waals surface area contributed by atoms with E-state index >= 15 is 0 Å². The summed E-state index contributed by atoms with van der Waals surface area (Å²) < 4.78 is 0. The van der Waals surface area contributed by atoms with Crippen LogP contribution in [0.5, 0.6) is 0 Å². The van der Waals surface area contributed by atoms with Gasteiger partial charge in [-0.15, -0.1) is 0 Å². The Morgan fingerprint density at radius 2 is 1.95 bits per heavy atom. The maximum absolute atomic E-state index is 12.2. The fourth-order valence-electron chi connectivity index (χ4n) is 1.87. The Balaban J connectivity index is 2.15. The van der Waals surface area contributed by atoms with Crippen LogP contribution in [0.2, 0.25) is 0 Å². The summed E-state index contributed by atoms with van der Waals surface area (Å²) in [5, 5.41) is 12.4. The van der Waals surface area contributed by atoms with Gasteiger partial charge in [0.05, 0.1) is 17.7 Å². The first-order chi connectivity index (χ1) is 9.74. The highest BCUT2D eigenvalue weighted by Gasteiger charge is 2.14. The van der Waals surface area contributed by atoms with Crippen LogP contribution in [0.3, 0.4) is 0 Å². The van der Waals surface area contributed by atoms with Crippen molar-refractivity contribution in [3.05, 3.63) is 71.3 Å². The average Bonchev–Trinajstić information content (AvgIpc) is 2.53. The molecule has 0 aliphatic rings. The Morgan fingerprint density at radius 1 is 1.20 bits per heavy atom. The van der Waals surface area contributed by atoms with E-state index in [1.807, 2.05) is 36.4 Å². The smallest absolute Gasteiger partial charge is 0.251 e. The van der Waals surface area contributed by atoms with Crippen LogP contribution in [0.15, 0.2) is 54.6 Å². The minimum Gasteiger partial charge on any atom is -0.344 e. The monoisotopic (exact) mass is 328 g/mol. The maximum Gasteiger partial charge on any atom is 0.251 e. The second-order valence-electron chi connectivity index (χ2n) is 4.28. The molecule has 0 heterocycles. The molecule has 1 atom stereocenters. The van der Waals surface area contributed by atoms with Crippen molar-refractivity contribution in [1.82, 2.24) is 5.32 Å². The summed E-state index contributed by atoms with van der Waals surface area (Å²) in [7, 11) is 0. The summed E-state index contributed by atoms with van der Waals surface area (Å²) in [6.07, 6.45) is 0. The first-order valence-corrected chi connectivity index (χ1v) is 7.28. The molecular formula is C16H13BrN2O. The molecule has 4 heteroatoms. The predicted molar refractivity (Wildman–Crippen MR) is 81.6 cm³/mol. The molecule has 0 aromatic heterocycles. The van der Waals surface area contributed by atoms with Gasteiger partial charge in [0.2, 0.25) is 0 Å². The number of hydrogen-bond acceptors (Lipinski definition) is 2. The number of nitrogens with zero attached hydrogens (tertiary/aromatic N) is 1. The van der Waals surface area contributed by atoms with Crippen LogP contribution in [0, 0.1) is 11.3 Å². The third kappa shape index (κ3) is 3.46. The van der Waals surface area contributed by atoms with E-state index < -0.39 is 0 Å². The van der Waals surface area contributed by atoms with Gasteiger partial charge in [0.1, 0.15) is 0 Å². The van der Waals surface area contributed by atoms with Crippen molar-refractivity contribution in [2.75, 3.05) is 5.33 Å². The normalized spacial score (nSPS) is 11.4. The predicted octanol–water partition coefficient (Wildman–Crippen LogP) is 3.42. The number of alkyl halides is 1. The van der Waals surface area contributed by atoms with E-state index in [4.69, 9.17) is 5.26 Å². The minimum absolute atomic E-state index is 0.102. The molecule has 0 saturated carbocycles. The van der Waals surface area contributed by atoms with Crippen LogP contribution in [0.1, 0.15) is 27.5 Å². The zero-order valence-corrected chi connectivity index (χ0v) is 12.3. The largest absolute Gasteiger partial charge is 0.344 e. The van der Waals surface area contributed by atoms with Crippen molar-refractivity contribution in [2.45, 2.75) is 6.04 Å². The first-order valence-electron chi connectivity index (χ1n) is 6.16. The summed E-state index contributed by atoms with van der Waals surface area (Å²) in [5.41, 5.74) is 2.01.